The van der Waals surface area contributed by atoms with Crippen LogP contribution in [0.4, 0.5) is 0 Å². The molecule has 2 unspecified atom stereocenters. The Morgan fingerprint density at radius 1 is 1.44 bits per heavy atom. The van der Waals surface area contributed by atoms with Crippen molar-refractivity contribution in [1.29, 1.82) is 0 Å². The Labute approximate surface area is 114 Å². The maximum absolute atomic E-state index is 12.2. The monoisotopic (exact) mass is 280 g/mol. The second-order valence-corrected chi connectivity index (χ2v) is 6.80. The van der Waals surface area contributed by atoms with Crippen LogP contribution >= 0.6 is 22.7 Å². The molecule has 3 N–H and O–H groups in total. The number of fused-ring (bicyclic) bond motifs is 1. The minimum atomic E-state index is 0.0637. The summed E-state index contributed by atoms with van der Waals surface area (Å²) in [7, 11) is 0. The van der Waals surface area contributed by atoms with Gasteiger partial charge in [-0.25, -0.2) is 0 Å². The lowest BCUT2D eigenvalue weighted by Gasteiger charge is -2.18. The molecule has 5 heteroatoms. The molecule has 18 heavy (non-hydrogen) atoms. The number of amides is 1. The molecule has 0 bridgehead atoms. The van der Waals surface area contributed by atoms with Gasteiger partial charge in [-0.3, -0.25) is 4.79 Å². The first-order valence-electron chi connectivity index (χ1n) is 6.26. The predicted molar refractivity (Wildman–Crippen MR) is 77.4 cm³/mol. The highest BCUT2D eigenvalue weighted by atomic mass is 32.1. The highest BCUT2D eigenvalue weighted by Gasteiger charge is 2.28. The molecule has 0 spiro atoms. The summed E-state index contributed by atoms with van der Waals surface area (Å²) in [4.78, 5) is 13.0. The molecule has 0 aliphatic heterocycles. The quantitative estimate of drug-likeness (QED) is 0.908. The van der Waals surface area contributed by atoms with Crippen molar-refractivity contribution in [1.82, 2.24) is 5.32 Å². The highest BCUT2D eigenvalue weighted by molar-refractivity contribution is 7.27. The van der Waals surface area contributed by atoms with Gasteiger partial charge in [0.2, 0.25) is 0 Å². The van der Waals surface area contributed by atoms with Crippen molar-refractivity contribution in [3.63, 3.8) is 0 Å². The predicted octanol–water partition coefficient (Wildman–Crippen LogP) is 2.82. The minimum absolute atomic E-state index is 0.0637. The van der Waals surface area contributed by atoms with Crippen molar-refractivity contribution in [3.8, 4) is 0 Å². The second kappa shape index (κ2) is 4.99. The van der Waals surface area contributed by atoms with E-state index in [1.165, 1.54) is 15.8 Å². The van der Waals surface area contributed by atoms with E-state index in [2.05, 4.69) is 16.8 Å². The zero-order chi connectivity index (χ0) is 12.5. The summed E-state index contributed by atoms with van der Waals surface area (Å²) in [5, 5.41) is 5.20. The molecule has 2 atom stereocenters. The van der Waals surface area contributed by atoms with E-state index >= 15 is 0 Å². The topological polar surface area (TPSA) is 55.1 Å². The Morgan fingerprint density at radius 2 is 2.33 bits per heavy atom. The molecule has 0 aromatic carbocycles. The van der Waals surface area contributed by atoms with E-state index in [-0.39, 0.29) is 11.9 Å². The van der Waals surface area contributed by atoms with Gasteiger partial charge in [-0.2, -0.15) is 0 Å². The van der Waals surface area contributed by atoms with Gasteiger partial charge in [0.05, 0.1) is 4.88 Å². The molecule has 1 amide bonds. The number of rotatable bonds is 3. The molecule has 3 rings (SSSR count). The van der Waals surface area contributed by atoms with E-state index in [1.54, 1.807) is 22.7 Å². The van der Waals surface area contributed by atoms with Crippen molar-refractivity contribution in [3.05, 3.63) is 22.4 Å². The van der Waals surface area contributed by atoms with Crippen LogP contribution in [0.25, 0.3) is 9.40 Å². The molecular formula is C13H16N2OS2. The average molecular weight is 280 g/mol. The fourth-order valence-electron chi connectivity index (χ4n) is 2.63. The summed E-state index contributed by atoms with van der Waals surface area (Å²) >= 11 is 3.26. The Bertz CT molecular complexity index is 532. The Morgan fingerprint density at radius 3 is 3.11 bits per heavy atom. The van der Waals surface area contributed by atoms with Crippen LogP contribution < -0.4 is 11.1 Å². The maximum Gasteiger partial charge on any atom is 0.261 e. The number of nitrogens with two attached hydrogens (primary N) is 1. The zero-order valence-corrected chi connectivity index (χ0v) is 11.7. The third kappa shape index (κ3) is 2.18. The van der Waals surface area contributed by atoms with E-state index in [4.69, 9.17) is 5.73 Å². The van der Waals surface area contributed by atoms with Gasteiger partial charge >= 0.3 is 0 Å². The molecule has 0 radical (unpaired) electrons. The average Bonchev–Trinajstić information content (AvgIpc) is 3.02. The first-order chi connectivity index (χ1) is 8.78. The molecular weight excluding hydrogens is 264 g/mol. The number of hydrogen-bond donors (Lipinski definition) is 2. The van der Waals surface area contributed by atoms with Crippen molar-refractivity contribution in [2.24, 2.45) is 11.7 Å². The van der Waals surface area contributed by atoms with Gasteiger partial charge < -0.3 is 11.1 Å². The van der Waals surface area contributed by atoms with Gasteiger partial charge in [0.25, 0.3) is 5.91 Å². The lowest BCUT2D eigenvalue weighted by molar-refractivity contribution is 0.0933. The van der Waals surface area contributed by atoms with Gasteiger partial charge in [0, 0.05) is 15.4 Å². The summed E-state index contributed by atoms with van der Waals surface area (Å²) in [6.45, 7) is 0.671. The van der Waals surface area contributed by atoms with E-state index in [9.17, 15) is 4.79 Å². The standard InChI is InChI=1S/C13H16N2OS2/c14-7-8-2-1-3-9(8)15-13(16)12-6-11-10(18-12)4-5-17-11/h4-6,8-9H,1-3,7,14H2,(H,15,16). The first-order valence-corrected chi connectivity index (χ1v) is 7.95. The number of hydrogen-bond acceptors (Lipinski definition) is 4. The second-order valence-electron chi connectivity index (χ2n) is 4.77. The SMILES string of the molecule is NCC1CCCC1NC(=O)c1cc2sccc2s1. The maximum atomic E-state index is 12.2. The van der Waals surface area contributed by atoms with Crippen LogP contribution in [0.3, 0.4) is 0 Å². The van der Waals surface area contributed by atoms with Crippen molar-refractivity contribution in [2.45, 2.75) is 25.3 Å². The smallest absolute Gasteiger partial charge is 0.261 e. The van der Waals surface area contributed by atoms with Gasteiger partial charge in [-0.05, 0) is 42.8 Å². The summed E-state index contributed by atoms with van der Waals surface area (Å²) < 4.78 is 2.40. The van der Waals surface area contributed by atoms with Crippen LogP contribution in [0.15, 0.2) is 17.5 Å². The molecule has 2 aromatic heterocycles. The van der Waals surface area contributed by atoms with Crippen LogP contribution in [-0.4, -0.2) is 18.5 Å². The van der Waals surface area contributed by atoms with Gasteiger partial charge in [-0.15, -0.1) is 22.7 Å². The Balaban J connectivity index is 1.73. The lowest BCUT2D eigenvalue weighted by atomic mass is 10.0. The van der Waals surface area contributed by atoms with Crippen LogP contribution in [0.5, 0.6) is 0 Å². The van der Waals surface area contributed by atoms with Crippen LogP contribution in [0.1, 0.15) is 28.9 Å². The van der Waals surface area contributed by atoms with Crippen molar-refractivity contribution in [2.75, 3.05) is 6.54 Å². The van der Waals surface area contributed by atoms with Crippen LogP contribution in [0.2, 0.25) is 0 Å². The van der Waals surface area contributed by atoms with Crippen molar-refractivity contribution >= 4 is 38.0 Å². The minimum Gasteiger partial charge on any atom is -0.348 e. The lowest BCUT2D eigenvalue weighted by Crippen LogP contribution is -2.39. The number of nitrogens with one attached hydrogen (secondary N) is 1. The summed E-state index contributed by atoms with van der Waals surface area (Å²) in [5.41, 5.74) is 5.74. The molecule has 0 saturated heterocycles. The fourth-order valence-corrected chi connectivity index (χ4v) is 4.64. The van der Waals surface area contributed by atoms with Gasteiger partial charge in [0.1, 0.15) is 0 Å². The Hall–Kier alpha value is -0.910. The summed E-state index contributed by atoms with van der Waals surface area (Å²) in [6.07, 6.45) is 3.38. The van der Waals surface area contributed by atoms with E-state index in [0.717, 1.165) is 17.7 Å². The first kappa shape index (κ1) is 12.1. The number of carbonyl (C=O) groups excluding carboxylic acids is 1. The molecule has 1 aliphatic rings. The highest BCUT2D eigenvalue weighted by Crippen LogP contribution is 2.31. The zero-order valence-electron chi connectivity index (χ0n) is 10.0. The fraction of sp³-hybridized carbons (Fsp3) is 0.462. The summed E-state index contributed by atoms with van der Waals surface area (Å²) in [5.74, 6) is 0.517. The van der Waals surface area contributed by atoms with E-state index in [1.807, 2.05) is 6.07 Å². The molecule has 2 heterocycles. The van der Waals surface area contributed by atoms with Gasteiger partial charge in [0.15, 0.2) is 0 Å². The molecule has 1 aliphatic carbocycles. The number of thiophene rings is 2. The third-order valence-electron chi connectivity index (χ3n) is 3.64. The van der Waals surface area contributed by atoms with Crippen LogP contribution in [0, 0.1) is 5.92 Å². The molecule has 1 fully saturated rings. The van der Waals surface area contributed by atoms with Crippen LogP contribution in [-0.2, 0) is 0 Å². The Kier molecular flexibility index (Phi) is 3.37. The molecule has 1 saturated carbocycles. The number of carbonyl (C=O) groups is 1. The molecule has 2 aromatic rings. The normalized spacial score (nSPS) is 23.6. The third-order valence-corrected chi connectivity index (χ3v) is 5.73. The van der Waals surface area contributed by atoms with E-state index in [0.29, 0.717) is 12.5 Å². The molecule has 3 nitrogen and oxygen atoms in total. The summed E-state index contributed by atoms with van der Waals surface area (Å²) in [6, 6.07) is 4.33. The van der Waals surface area contributed by atoms with Crippen molar-refractivity contribution < 1.29 is 4.79 Å². The van der Waals surface area contributed by atoms with Gasteiger partial charge in [-0.1, -0.05) is 6.42 Å². The largest absolute Gasteiger partial charge is 0.348 e. The molecule has 96 valence electrons. The van der Waals surface area contributed by atoms with E-state index < -0.39 is 0 Å².